The van der Waals surface area contributed by atoms with E-state index in [1.165, 1.54) is 11.0 Å². The molecule has 1 atom stereocenters. The molecule has 7 heteroatoms. The lowest BCUT2D eigenvalue weighted by atomic mass is 10.1. The molecule has 0 bridgehead atoms. The maximum absolute atomic E-state index is 13.7. The highest BCUT2D eigenvalue weighted by atomic mass is 19.1. The fourth-order valence-electron chi connectivity index (χ4n) is 2.92. The summed E-state index contributed by atoms with van der Waals surface area (Å²) in [5.41, 5.74) is 0.0340. The third kappa shape index (κ3) is 3.66. The van der Waals surface area contributed by atoms with Crippen LogP contribution in [0, 0.1) is 11.6 Å². The number of nitrogens with zero attached hydrogens (tertiary/aromatic N) is 1. The Kier molecular flexibility index (Phi) is 5.16. The smallest absolute Gasteiger partial charge is 0.257 e. The van der Waals surface area contributed by atoms with E-state index >= 15 is 0 Å². The largest absolute Gasteiger partial charge is 0.494 e. The van der Waals surface area contributed by atoms with Crippen molar-refractivity contribution in [3.05, 3.63) is 59.7 Å². The average molecular weight is 360 g/mol. The highest BCUT2D eigenvalue weighted by Crippen LogP contribution is 2.24. The molecule has 0 aromatic heterocycles. The van der Waals surface area contributed by atoms with Gasteiger partial charge in [0.25, 0.3) is 5.91 Å². The molecule has 26 heavy (non-hydrogen) atoms. The predicted molar refractivity (Wildman–Crippen MR) is 92.2 cm³/mol. The summed E-state index contributed by atoms with van der Waals surface area (Å²) in [4.78, 5) is 25.9. The van der Waals surface area contributed by atoms with Gasteiger partial charge in [-0.2, -0.15) is 0 Å². The molecular weight excluding hydrogens is 342 g/mol. The Morgan fingerprint density at radius 1 is 1.19 bits per heavy atom. The van der Waals surface area contributed by atoms with Crippen LogP contribution in [0.3, 0.4) is 0 Å². The Bertz CT molecular complexity index is 804. The number of hydrogen-bond donors (Lipinski definition) is 1. The summed E-state index contributed by atoms with van der Waals surface area (Å²) < 4.78 is 32.8. The topological polar surface area (TPSA) is 58.6 Å². The van der Waals surface area contributed by atoms with Gasteiger partial charge in [-0.1, -0.05) is 6.07 Å². The zero-order valence-electron chi connectivity index (χ0n) is 14.2. The average Bonchev–Trinajstić information content (AvgIpc) is 2.96. The molecule has 136 valence electrons. The molecule has 0 saturated carbocycles. The first-order chi connectivity index (χ1) is 12.5. The summed E-state index contributed by atoms with van der Waals surface area (Å²) in [6, 6.07) is 9.72. The molecule has 0 aliphatic carbocycles. The molecule has 1 aliphatic rings. The standard InChI is InChI=1S/C19H18F2N2O3/c1-2-26-14-8-6-13(7-9-14)23-11-12(10-17(23)24)22-19(25)18-15(20)4-3-5-16(18)21/h3-9,12H,2,10-11H2,1H3,(H,22,25)/t12-/m1/s1. The number of carbonyl (C=O) groups is 2. The number of halogens is 2. The zero-order valence-corrected chi connectivity index (χ0v) is 14.2. The fraction of sp³-hybridized carbons (Fsp3) is 0.263. The molecule has 5 nitrogen and oxygen atoms in total. The second-order valence-corrected chi connectivity index (χ2v) is 5.90. The Morgan fingerprint density at radius 2 is 1.85 bits per heavy atom. The third-order valence-electron chi connectivity index (χ3n) is 4.11. The molecule has 1 heterocycles. The van der Waals surface area contributed by atoms with Crippen molar-refractivity contribution in [3.63, 3.8) is 0 Å². The van der Waals surface area contributed by atoms with Gasteiger partial charge in [-0.05, 0) is 43.3 Å². The number of anilines is 1. The number of benzene rings is 2. The van der Waals surface area contributed by atoms with Crippen LogP contribution in [0.25, 0.3) is 0 Å². The van der Waals surface area contributed by atoms with E-state index in [9.17, 15) is 18.4 Å². The van der Waals surface area contributed by atoms with Gasteiger partial charge in [0.1, 0.15) is 22.9 Å². The van der Waals surface area contributed by atoms with Gasteiger partial charge in [0.05, 0.1) is 12.6 Å². The maximum atomic E-state index is 13.7. The van der Waals surface area contributed by atoms with E-state index < -0.39 is 29.1 Å². The third-order valence-corrected chi connectivity index (χ3v) is 4.11. The first-order valence-electron chi connectivity index (χ1n) is 8.27. The SMILES string of the molecule is CCOc1ccc(N2C[C@H](NC(=O)c3c(F)cccc3F)CC2=O)cc1. The van der Waals surface area contributed by atoms with Crippen LogP contribution in [0.5, 0.6) is 5.75 Å². The summed E-state index contributed by atoms with van der Waals surface area (Å²) in [5.74, 6) is -2.21. The predicted octanol–water partition coefficient (Wildman–Crippen LogP) is 2.90. The van der Waals surface area contributed by atoms with Crippen LogP contribution < -0.4 is 15.0 Å². The molecule has 1 N–H and O–H groups in total. The van der Waals surface area contributed by atoms with E-state index in [1.807, 2.05) is 6.92 Å². The molecule has 0 unspecified atom stereocenters. The van der Waals surface area contributed by atoms with Crippen molar-refractivity contribution in [2.45, 2.75) is 19.4 Å². The van der Waals surface area contributed by atoms with Gasteiger partial charge < -0.3 is 15.0 Å². The van der Waals surface area contributed by atoms with Crippen molar-refractivity contribution in [1.82, 2.24) is 5.32 Å². The normalized spacial score (nSPS) is 16.7. The molecule has 2 aromatic carbocycles. The van der Waals surface area contributed by atoms with E-state index in [0.717, 1.165) is 12.1 Å². The lowest BCUT2D eigenvalue weighted by Gasteiger charge is -2.18. The lowest BCUT2D eigenvalue weighted by molar-refractivity contribution is -0.117. The first-order valence-corrected chi connectivity index (χ1v) is 8.27. The number of carbonyl (C=O) groups excluding carboxylic acids is 2. The summed E-state index contributed by atoms with van der Waals surface area (Å²) >= 11 is 0. The minimum atomic E-state index is -0.935. The minimum absolute atomic E-state index is 0.0645. The molecule has 0 spiro atoms. The van der Waals surface area contributed by atoms with E-state index in [1.54, 1.807) is 24.3 Å². The fourth-order valence-corrected chi connectivity index (χ4v) is 2.92. The molecule has 2 aromatic rings. The summed E-state index contributed by atoms with van der Waals surface area (Å²) in [6.45, 7) is 2.65. The van der Waals surface area contributed by atoms with Crippen molar-refractivity contribution in [3.8, 4) is 5.75 Å². The molecule has 3 rings (SSSR count). The van der Waals surface area contributed by atoms with E-state index in [0.29, 0.717) is 18.0 Å². The van der Waals surface area contributed by atoms with Gasteiger partial charge in [-0.25, -0.2) is 8.78 Å². The second-order valence-electron chi connectivity index (χ2n) is 5.90. The number of nitrogens with one attached hydrogen (secondary N) is 1. The van der Waals surface area contributed by atoms with Crippen LogP contribution in [-0.2, 0) is 4.79 Å². The Hall–Kier alpha value is -2.96. The van der Waals surface area contributed by atoms with Gasteiger partial charge in [0.15, 0.2) is 0 Å². The minimum Gasteiger partial charge on any atom is -0.494 e. The lowest BCUT2D eigenvalue weighted by Crippen LogP contribution is -2.38. The summed E-state index contributed by atoms with van der Waals surface area (Å²) in [7, 11) is 0. The number of ether oxygens (including phenoxy) is 1. The molecule has 1 saturated heterocycles. The van der Waals surface area contributed by atoms with Gasteiger partial charge in [-0.3, -0.25) is 9.59 Å². The van der Waals surface area contributed by atoms with Gasteiger partial charge >= 0.3 is 0 Å². The van der Waals surface area contributed by atoms with E-state index in [4.69, 9.17) is 4.74 Å². The summed E-state index contributed by atoms with van der Waals surface area (Å²) in [6.07, 6.45) is 0.0645. The van der Waals surface area contributed by atoms with Crippen LogP contribution in [0.1, 0.15) is 23.7 Å². The van der Waals surface area contributed by atoms with Gasteiger partial charge in [-0.15, -0.1) is 0 Å². The Labute approximate surface area is 149 Å². The Balaban J connectivity index is 1.69. The van der Waals surface area contributed by atoms with Crippen LogP contribution >= 0.6 is 0 Å². The van der Waals surface area contributed by atoms with Crippen molar-refractivity contribution >= 4 is 17.5 Å². The number of hydrogen-bond acceptors (Lipinski definition) is 3. The van der Waals surface area contributed by atoms with Crippen molar-refractivity contribution < 1.29 is 23.1 Å². The van der Waals surface area contributed by atoms with E-state index in [-0.39, 0.29) is 18.9 Å². The van der Waals surface area contributed by atoms with Gasteiger partial charge in [0, 0.05) is 18.7 Å². The number of amides is 2. The van der Waals surface area contributed by atoms with Crippen LogP contribution in [0.4, 0.5) is 14.5 Å². The molecular formula is C19H18F2N2O3. The molecule has 0 radical (unpaired) electrons. The summed E-state index contributed by atoms with van der Waals surface area (Å²) in [5, 5.41) is 2.53. The van der Waals surface area contributed by atoms with Crippen molar-refractivity contribution in [2.75, 3.05) is 18.1 Å². The quantitative estimate of drug-likeness (QED) is 0.892. The first kappa shape index (κ1) is 17.8. The molecule has 1 fully saturated rings. The monoisotopic (exact) mass is 360 g/mol. The van der Waals surface area contributed by atoms with E-state index in [2.05, 4.69) is 5.32 Å². The zero-order chi connectivity index (χ0) is 18.7. The number of rotatable bonds is 5. The molecule has 2 amide bonds. The maximum Gasteiger partial charge on any atom is 0.257 e. The molecule has 1 aliphatic heterocycles. The van der Waals surface area contributed by atoms with Crippen LogP contribution in [-0.4, -0.2) is 31.0 Å². The van der Waals surface area contributed by atoms with Crippen molar-refractivity contribution in [1.29, 1.82) is 0 Å². The van der Waals surface area contributed by atoms with Crippen LogP contribution in [0.15, 0.2) is 42.5 Å². The van der Waals surface area contributed by atoms with Gasteiger partial charge in [0.2, 0.25) is 5.91 Å². The Morgan fingerprint density at radius 3 is 2.46 bits per heavy atom. The van der Waals surface area contributed by atoms with Crippen molar-refractivity contribution in [2.24, 2.45) is 0 Å². The second kappa shape index (κ2) is 7.51. The van der Waals surface area contributed by atoms with Crippen LogP contribution in [0.2, 0.25) is 0 Å². The highest BCUT2D eigenvalue weighted by Gasteiger charge is 2.32. The highest BCUT2D eigenvalue weighted by molar-refractivity contribution is 5.99.